The Kier molecular flexibility index (Phi) is 16.9. The van der Waals surface area contributed by atoms with E-state index in [1.165, 1.54) is 72.0 Å². The van der Waals surface area contributed by atoms with Gasteiger partial charge in [0.05, 0.1) is 12.8 Å². The van der Waals surface area contributed by atoms with Crippen LogP contribution in [0.4, 0.5) is 0 Å². The second-order valence-electron chi connectivity index (χ2n) is 14.8. The first-order valence-corrected chi connectivity index (χ1v) is 17.7. The van der Waals surface area contributed by atoms with E-state index < -0.39 is 11.9 Å². The Morgan fingerprint density at radius 2 is 0.979 bits per heavy atom. The van der Waals surface area contributed by atoms with E-state index in [2.05, 4.69) is 91.8 Å². The Bertz CT molecular complexity index is 1330. The van der Waals surface area contributed by atoms with Gasteiger partial charge in [-0.1, -0.05) is 122 Å². The SMILES string of the molecule is CC1=C(/C=C/C(C)=C/C=C\C(C)=C\COC(=O)CCC(=O)OC/C=C(C)/C=C\C=C(C)\C=C\C2=C(C)CCCC2(C)C)C(C)(C)CCC1. The predicted octanol–water partition coefficient (Wildman–Crippen LogP) is 11.9. The highest BCUT2D eigenvalue weighted by Crippen LogP contribution is 2.41. The number of rotatable bonds is 15. The van der Waals surface area contributed by atoms with Gasteiger partial charge in [0.15, 0.2) is 0 Å². The van der Waals surface area contributed by atoms with Crippen molar-refractivity contribution in [2.75, 3.05) is 13.2 Å². The van der Waals surface area contributed by atoms with E-state index in [-0.39, 0.29) is 36.9 Å². The highest BCUT2D eigenvalue weighted by molar-refractivity contribution is 5.77. The van der Waals surface area contributed by atoms with E-state index in [9.17, 15) is 9.59 Å². The van der Waals surface area contributed by atoms with Crippen LogP contribution in [0, 0.1) is 10.8 Å². The summed E-state index contributed by atoms with van der Waals surface area (Å²) in [5.41, 5.74) is 10.7. The first-order valence-electron chi connectivity index (χ1n) is 17.7. The molecule has 0 N–H and O–H groups in total. The zero-order valence-corrected chi connectivity index (χ0v) is 31.6. The van der Waals surface area contributed by atoms with Crippen molar-refractivity contribution in [2.45, 2.75) is 121 Å². The lowest BCUT2D eigenvalue weighted by molar-refractivity contribution is -0.149. The molecule has 0 atom stereocenters. The summed E-state index contributed by atoms with van der Waals surface area (Å²) >= 11 is 0. The average Bonchev–Trinajstić information content (AvgIpc) is 2.99. The van der Waals surface area contributed by atoms with Crippen molar-refractivity contribution in [1.82, 2.24) is 0 Å². The highest BCUT2D eigenvalue weighted by Gasteiger charge is 2.27. The van der Waals surface area contributed by atoms with Crippen molar-refractivity contribution in [1.29, 1.82) is 0 Å². The lowest BCUT2D eigenvalue weighted by Crippen LogP contribution is -2.19. The van der Waals surface area contributed by atoms with E-state index in [1.54, 1.807) is 0 Å². The van der Waals surface area contributed by atoms with Gasteiger partial charge < -0.3 is 9.47 Å². The standard InChI is InChI=1S/C44H62O4/c1-33(21-23-39-37(5)19-13-29-43(39,7)8)15-11-17-35(3)27-31-47-41(45)25-26-42(46)48-32-28-36(4)18-12-16-34(2)22-24-40-38(6)20-14-30-44(40,9)10/h11-12,15-18,21-24,27-28H,13-14,19-20,25-26,29-32H2,1-10H3/b17-11-,18-12-,23-21+,24-22+,33-15+,34-16+,35-27+,36-28+. The molecule has 0 fully saturated rings. The fourth-order valence-corrected chi connectivity index (χ4v) is 6.28. The number of hydrogen-bond donors (Lipinski definition) is 0. The normalized spacial score (nSPS) is 19.8. The third kappa shape index (κ3) is 15.0. The molecule has 0 saturated heterocycles. The number of allylic oxidation sites excluding steroid dienone is 18. The first kappa shape index (κ1) is 40.5. The molecule has 0 amide bonds. The van der Waals surface area contributed by atoms with Crippen molar-refractivity contribution in [3.63, 3.8) is 0 Å². The smallest absolute Gasteiger partial charge is 0.306 e. The van der Waals surface area contributed by atoms with Gasteiger partial charge in [0, 0.05) is 0 Å². The molecule has 0 saturated carbocycles. The monoisotopic (exact) mass is 654 g/mol. The van der Waals surface area contributed by atoms with Gasteiger partial charge in [0.1, 0.15) is 13.2 Å². The Morgan fingerprint density at radius 1 is 0.604 bits per heavy atom. The Morgan fingerprint density at radius 3 is 1.33 bits per heavy atom. The molecule has 0 spiro atoms. The minimum atomic E-state index is -0.416. The number of carbonyl (C=O) groups excluding carboxylic acids is 2. The van der Waals surface area contributed by atoms with Crippen LogP contribution in [0.15, 0.2) is 117 Å². The van der Waals surface area contributed by atoms with E-state index in [0.29, 0.717) is 0 Å². The lowest BCUT2D eigenvalue weighted by atomic mass is 9.72. The number of esters is 2. The number of ether oxygens (including phenoxy) is 2. The molecule has 4 nitrogen and oxygen atoms in total. The molecule has 0 aromatic heterocycles. The summed E-state index contributed by atoms with van der Waals surface area (Å²) in [5, 5.41) is 0. The van der Waals surface area contributed by atoms with Crippen molar-refractivity contribution in [3.8, 4) is 0 Å². The summed E-state index contributed by atoms with van der Waals surface area (Å²) in [7, 11) is 0. The molecule has 2 aliphatic carbocycles. The maximum absolute atomic E-state index is 12.1. The summed E-state index contributed by atoms with van der Waals surface area (Å²) < 4.78 is 10.6. The molecule has 0 radical (unpaired) electrons. The first-order chi connectivity index (χ1) is 22.6. The fraction of sp³-hybridized carbons (Fsp3) is 0.500. The van der Waals surface area contributed by atoms with E-state index in [0.717, 1.165) is 11.1 Å². The molecule has 4 heteroatoms. The van der Waals surface area contributed by atoms with Crippen molar-refractivity contribution >= 4 is 11.9 Å². The molecular weight excluding hydrogens is 592 g/mol. The van der Waals surface area contributed by atoms with E-state index >= 15 is 0 Å². The summed E-state index contributed by atoms with van der Waals surface area (Å²) in [6, 6.07) is 0. The zero-order valence-electron chi connectivity index (χ0n) is 31.6. The van der Waals surface area contributed by atoms with Crippen LogP contribution in [-0.4, -0.2) is 25.2 Å². The summed E-state index contributed by atoms with van der Waals surface area (Å²) in [6.45, 7) is 22.3. The second-order valence-corrected chi connectivity index (χ2v) is 14.8. The van der Waals surface area contributed by atoms with Gasteiger partial charge in [-0.25, -0.2) is 0 Å². The summed E-state index contributed by atoms with van der Waals surface area (Å²) in [6.07, 6.45) is 32.2. The molecule has 0 aliphatic heterocycles. The molecule has 2 aliphatic rings. The maximum atomic E-state index is 12.1. The largest absolute Gasteiger partial charge is 0.461 e. The molecule has 0 bridgehead atoms. The number of hydrogen-bond acceptors (Lipinski definition) is 4. The van der Waals surface area contributed by atoms with Crippen molar-refractivity contribution in [2.24, 2.45) is 10.8 Å². The highest BCUT2D eigenvalue weighted by atomic mass is 16.5. The van der Waals surface area contributed by atoms with E-state index in [4.69, 9.17) is 9.47 Å². The molecule has 0 unspecified atom stereocenters. The minimum Gasteiger partial charge on any atom is -0.461 e. The van der Waals surface area contributed by atoms with Gasteiger partial charge >= 0.3 is 11.9 Å². The fourth-order valence-electron chi connectivity index (χ4n) is 6.28. The maximum Gasteiger partial charge on any atom is 0.306 e. The molecule has 0 heterocycles. The molecule has 2 rings (SSSR count). The van der Waals surface area contributed by atoms with Crippen LogP contribution in [0.5, 0.6) is 0 Å². The number of carbonyl (C=O) groups is 2. The molecule has 48 heavy (non-hydrogen) atoms. The van der Waals surface area contributed by atoms with Crippen LogP contribution in [0.3, 0.4) is 0 Å². The third-order valence-electron chi connectivity index (χ3n) is 9.38. The third-order valence-corrected chi connectivity index (χ3v) is 9.38. The molecular formula is C44H62O4. The predicted molar refractivity (Wildman–Crippen MR) is 203 cm³/mol. The van der Waals surface area contributed by atoms with Crippen LogP contribution in [0.2, 0.25) is 0 Å². The second kappa shape index (κ2) is 20.0. The minimum absolute atomic E-state index is 0.00363. The Labute approximate surface area is 292 Å². The molecule has 262 valence electrons. The van der Waals surface area contributed by atoms with Crippen LogP contribution < -0.4 is 0 Å². The Hall–Kier alpha value is -3.66. The molecule has 0 aromatic carbocycles. The van der Waals surface area contributed by atoms with Crippen molar-refractivity contribution < 1.29 is 19.1 Å². The molecule has 0 aromatic rings. The Balaban J connectivity index is 1.69. The van der Waals surface area contributed by atoms with Crippen LogP contribution >= 0.6 is 0 Å². The van der Waals surface area contributed by atoms with Crippen molar-refractivity contribution in [3.05, 3.63) is 117 Å². The van der Waals surface area contributed by atoms with Gasteiger partial charge in [0.25, 0.3) is 0 Å². The van der Waals surface area contributed by atoms with Crippen LogP contribution in [-0.2, 0) is 19.1 Å². The lowest BCUT2D eigenvalue weighted by Gasteiger charge is -2.33. The van der Waals surface area contributed by atoms with Crippen LogP contribution in [0.25, 0.3) is 0 Å². The summed E-state index contributed by atoms with van der Waals surface area (Å²) in [4.78, 5) is 24.2. The summed E-state index contributed by atoms with van der Waals surface area (Å²) in [5.74, 6) is -0.832. The topological polar surface area (TPSA) is 52.6 Å². The van der Waals surface area contributed by atoms with E-state index in [1.807, 2.05) is 50.3 Å². The van der Waals surface area contributed by atoms with Gasteiger partial charge in [-0.15, -0.1) is 0 Å². The van der Waals surface area contributed by atoms with Gasteiger partial charge in [-0.3, -0.25) is 9.59 Å². The average molecular weight is 655 g/mol. The van der Waals surface area contributed by atoms with Gasteiger partial charge in [-0.05, 0) is 114 Å². The van der Waals surface area contributed by atoms with Crippen LogP contribution in [0.1, 0.15) is 121 Å². The van der Waals surface area contributed by atoms with Gasteiger partial charge in [0.2, 0.25) is 0 Å². The zero-order chi connectivity index (χ0) is 35.7. The van der Waals surface area contributed by atoms with Gasteiger partial charge in [-0.2, -0.15) is 0 Å². The quantitative estimate of drug-likeness (QED) is 0.130.